The van der Waals surface area contributed by atoms with Crippen molar-refractivity contribution < 1.29 is 14.0 Å². The van der Waals surface area contributed by atoms with Gasteiger partial charge in [-0.05, 0) is 55.2 Å². The number of urea groups is 1. The van der Waals surface area contributed by atoms with Gasteiger partial charge in [-0.2, -0.15) is 0 Å². The summed E-state index contributed by atoms with van der Waals surface area (Å²) in [6.45, 7) is 1.63. The lowest BCUT2D eigenvalue weighted by molar-refractivity contribution is 0.0989. The summed E-state index contributed by atoms with van der Waals surface area (Å²) in [4.78, 5) is 44.6. The molecule has 0 radical (unpaired) electrons. The van der Waals surface area contributed by atoms with Crippen LogP contribution in [0, 0.1) is 5.82 Å². The second kappa shape index (κ2) is 7.97. The summed E-state index contributed by atoms with van der Waals surface area (Å²) < 4.78 is 13.6. The molecule has 3 N–H and O–H groups in total. The largest absolute Gasteiger partial charge is 0.358 e. The average molecular weight is 474 g/mol. The fraction of sp³-hybridized carbons (Fsp3) is 0.269. The van der Waals surface area contributed by atoms with Gasteiger partial charge in [-0.15, -0.1) is 0 Å². The third kappa shape index (κ3) is 3.63. The Morgan fingerprint density at radius 1 is 0.971 bits per heavy atom. The van der Waals surface area contributed by atoms with Gasteiger partial charge in [-0.3, -0.25) is 9.59 Å². The fourth-order valence-corrected chi connectivity index (χ4v) is 5.53. The lowest BCUT2D eigenvalue weighted by atomic mass is 9.79. The van der Waals surface area contributed by atoms with E-state index < -0.39 is 5.54 Å². The Bertz CT molecular complexity index is 1410. The Kier molecular flexibility index (Phi) is 4.87. The van der Waals surface area contributed by atoms with Gasteiger partial charge < -0.3 is 25.4 Å². The molecule has 35 heavy (non-hydrogen) atoms. The lowest BCUT2D eigenvalue weighted by Gasteiger charge is -2.46. The number of H-pyrrole nitrogens is 1. The van der Waals surface area contributed by atoms with Gasteiger partial charge in [0.25, 0.3) is 5.91 Å². The highest BCUT2D eigenvalue weighted by Crippen LogP contribution is 2.40. The van der Waals surface area contributed by atoms with Gasteiger partial charge in [0.2, 0.25) is 5.56 Å². The molecule has 1 aromatic heterocycles. The Hall–Kier alpha value is -4.14. The van der Waals surface area contributed by atoms with Crippen LogP contribution in [0.4, 0.5) is 26.4 Å². The third-order valence-electron chi connectivity index (χ3n) is 7.26. The maximum absolute atomic E-state index is 13.6. The molecule has 0 unspecified atom stereocenters. The molecule has 0 atom stereocenters. The van der Waals surface area contributed by atoms with E-state index in [4.69, 9.17) is 0 Å². The van der Waals surface area contributed by atoms with Crippen molar-refractivity contribution in [3.05, 3.63) is 87.5 Å². The lowest BCUT2D eigenvalue weighted by Crippen LogP contribution is -2.57. The molecule has 9 heteroatoms. The minimum absolute atomic E-state index is 0.219. The number of nitrogens with zero attached hydrogens (tertiary/aromatic N) is 2. The van der Waals surface area contributed by atoms with E-state index in [2.05, 4.69) is 15.6 Å². The van der Waals surface area contributed by atoms with Gasteiger partial charge in [0.15, 0.2) is 0 Å². The van der Waals surface area contributed by atoms with E-state index in [1.54, 1.807) is 17.0 Å². The zero-order valence-electron chi connectivity index (χ0n) is 18.9. The molecule has 3 aromatic rings. The maximum atomic E-state index is 13.6. The van der Waals surface area contributed by atoms with Crippen molar-refractivity contribution in [2.45, 2.75) is 24.8 Å². The van der Waals surface area contributed by atoms with Gasteiger partial charge in [0, 0.05) is 48.2 Å². The first-order valence-electron chi connectivity index (χ1n) is 11.7. The molecular formula is C26H24FN5O3. The number of para-hydroxylation sites is 1. The molecular weight excluding hydrogens is 449 g/mol. The van der Waals surface area contributed by atoms with Crippen molar-refractivity contribution in [2.24, 2.45) is 0 Å². The van der Waals surface area contributed by atoms with Crippen LogP contribution in [0.25, 0.3) is 0 Å². The SMILES string of the molecule is O=C1Nc2ccccc2C2(CCN(c3cc(C(=O)N4CCc5cc(F)ccc54)cc(=O)[nH]3)CC2)N1. The average Bonchev–Trinajstić information content (AvgIpc) is 3.26. The van der Waals surface area contributed by atoms with Crippen LogP contribution in [0.15, 0.2) is 59.4 Å². The zero-order valence-corrected chi connectivity index (χ0v) is 18.9. The van der Waals surface area contributed by atoms with Crippen molar-refractivity contribution in [2.75, 3.05) is 34.8 Å². The molecule has 0 bridgehead atoms. The van der Waals surface area contributed by atoms with Crippen LogP contribution in [-0.4, -0.2) is 36.6 Å². The van der Waals surface area contributed by atoms with Crippen LogP contribution >= 0.6 is 0 Å². The van der Waals surface area contributed by atoms with Gasteiger partial charge in [0.1, 0.15) is 11.6 Å². The van der Waals surface area contributed by atoms with Crippen molar-refractivity contribution in [3.8, 4) is 0 Å². The Labute approximate surface area is 200 Å². The van der Waals surface area contributed by atoms with Crippen molar-refractivity contribution in [1.82, 2.24) is 10.3 Å². The molecule has 0 aliphatic carbocycles. The number of carbonyl (C=O) groups is 2. The number of halogens is 1. The second-order valence-corrected chi connectivity index (χ2v) is 9.29. The molecule has 1 fully saturated rings. The Morgan fingerprint density at radius 2 is 1.77 bits per heavy atom. The fourth-order valence-electron chi connectivity index (χ4n) is 5.53. The maximum Gasteiger partial charge on any atom is 0.319 e. The molecule has 3 amide bonds. The molecule has 1 spiro atoms. The number of rotatable bonds is 2. The summed E-state index contributed by atoms with van der Waals surface area (Å²) in [7, 11) is 0. The number of aromatic amines is 1. The molecule has 0 saturated carbocycles. The van der Waals surface area contributed by atoms with E-state index in [1.165, 1.54) is 18.2 Å². The molecule has 6 rings (SSSR count). The minimum Gasteiger partial charge on any atom is -0.358 e. The number of nitrogens with one attached hydrogen (secondary N) is 3. The minimum atomic E-state index is -0.475. The predicted octanol–water partition coefficient (Wildman–Crippen LogP) is 3.35. The number of hydrogen-bond acceptors (Lipinski definition) is 4. The highest BCUT2D eigenvalue weighted by Gasteiger charge is 2.42. The predicted molar refractivity (Wildman–Crippen MR) is 131 cm³/mol. The number of aromatic nitrogens is 1. The third-order valence-corrected chi connectivity index (χ3v) is 7.26. The van der Waals surface area contributed by atoms with Crippen LogP contribution in [0.3, 0.4) is 0 Å². The van der Waals surface area contributed by atoms with Crippen molar-refractivity contribution in [3.63, 3.8) is 0 Å². The van der Waals surface area contributed by atoms with E-state index in [-0.39, 0.29) is 23.3 Å². The number of hydrogen-bond donors (Lipinski definition) is 3. The van der Waals surface area contributed by atoms with Crippen LogP contribution in [0.1, 0.15) is 34.3 Å². The standard InChI is InChI=1S/C26H24FN5O3/c27-18-5-6-21-16(13-18)7-10-32(21)24(34)17-14-22(29-23(33)15-17)31-11-8-26(9-12-31)19-3-1-2-4-20(19)28-25(35)30-26/h1-6,13-15H,7-12H2,(H,29,33)(H2,28,30,35). The van der Waals surface area contributed by atoms with Crippen LogP contribution < -0.4 is 26.0 Å². The molecule has 178 valence electrons. The number of carbonyl (C=O) groups excluding carboxylic acids is 2. The first-order valence-corrected chi connectivity index (χ1v) is 11.7. The topological polar surface area (TPSA) is 97.5 Å². The highest BCUT2D eigenvalue weighted by molar-refractivity contribution is 6.07. The van der Waals surface area contributed by atoms with Crippen molar-refractivity contribution in [1.29, 1.82) is 0 Å². The normalized spacial score (nSPS) is 18.0. The molecule has 3 aliphatic heterocycles. The molecule has 1 saturated heterocycles. The van der Waals surface area contributed by atoms with E-state index in [1.807, 2.05) is 29.2 Å². The molecule has 2 aromatic carbocycles. The summed E-state index contributed by atoms with van der Waals surface area (Å²) in [5, 5.41) is 5.98. The van der Waals surface area contributed by atoms with Crippen LogP contribution in [0.5, 0.6) is 0 Å². The van der Waals surface area contributed by atoms with Gasteiger partial charge in [-0.25, -0.2) is 9.18 Å². The van der Waals surface area contributed by atoms with E-state index in [0.29, 0.717) is 56.0 Å². The highest BCUT2D eigenvalue weighted by atomic mass is 19.1. The molecule has 4 heterocycles. The van der Waals surface area contributed by atoms with E-state index >= 15 is 0 Å². The summed E-state index contributed by atoms with van der Waals surface area (Å²) in [5.74, 6) is -0.0366. The molecule has 8 nitrogen and oxygen atoms in total. The summed E-state index contributed by atoms with van der Waals surface area (Å²) >= 11 is 0. The van der Waals surface area contributed by atoms with Crippen LogP contribution in [0.2, 0.25) is 0 Å². The number of anilines is 3. The molecule has 3 aliphatic rings. The zero-order chi connectivity index (χ0) is 24.2. The summed E-state index contributed by atoms with van der Waals surface area (Å²) in [6, 6.07) is 15.0. The monoisotopic (exact) mass is 473 g/mol. The Balaban J connectivity index is 1.25. The first kappa shape index (κ1) is 21.4. The second-order valence-electron chi connectivity index (χ2n) is 9.29. The number of amides is 3. The quantitative estimate of drug-likeness (QED) is 0.532. The van der Waals surface area contributed by atoms with E-state index in [0.717, 1.165) is 16.8 Å². The Morgan fingerprint density at radius 3 is 2.60 bits per heavy atom. The number of pyridine rings is 1. The van der Waals surface area contributed by atoms with Gasteiger partial charge in [0.05, 0.1) is 5.54 Å². The number of piperidine rings is 1. The van der Waals surface area contributed by atoms with Crippen molar-refractivity contribution >= 4 is 29.1 Å². The first-order chi connectivity index (χ1) is 16.9. The van der Waals surface area contributed by atoms with Gasteiger partial charge >= 0.3 is 6.03 Å². The van der Waals surface area contributed by atoms with Crippen LogP contribution in [-0.2, 0) is 12.0 Å². The smallest absolute Gasteiger partial charge is 0.319 e. The number of fused-ring (bicyclic) bond motifs is 3. The summed E-state index contributed by atoms with van der Waals surface area (Å²) in [5.41, 5.74) is 2.80. The number of benzene rings is 2. The van der Waals surface area contributed by atoms with Gasteiger partial charge in [-0.1, -0.05) is 18.2 Å². The van der Waals surface area contributed by atoms with E-state index in [9.17, 15) is 18.8 Å². The summed E-state index contributed by atoms with van der Waals surface area (Å²) in [6.07, 6.45) is 1.89.